The van der Waals surface area contributed by atoms with Crippen molar-refractivity contribution in [3.8, 4) is 33.6 Å². The van der Waals surface area contributed by atoms with E-state index in [1.165, 1.54) is 29.4 Å². The Labute approximate surface area is 285 Å². The highest BCUT2D eigenvalue weighted by atomic mass is 32.1. The molecule has 2 heterocycles. The number of carbonyl (C=O) groups excluding carboxylic acids is 1. The van der Waals surface area contributed by atoms with Crippen LogP contribution in [0.4, 0.5) is 0 Å². The van der Waals surface area contributed by atoms with E-state index in [0.717, 1.165) is 39.1 Å². The molecular formula is C39H42N4O4S. The van der Waals surface area contributed by atoms with E-state index in [1.807, 2.05) is 42.7 Å². The fraction of sp³-hybridized carbons (Fsp3) is 0.282. The van der Waals surface area contributed by atoms with Crippen molar-refractivity contribution >= 4 is 23.2 Å². The summed E-state index contributed by atoms with van der Waals surface area (Å²) in [4.78, 5) is 35.5. The predicted octanol–water partition coefficient (Wildman–Crippen LogP) is 7.12. The minimum Gasteiger partial charge on any atom is -0.480 e. The minimum absolute atomic E-state index is 0.0976. The second-order valence-electron chi connectivity index (χ2n) is 13.0. The Kier molecular flexibility index (Phi) is 10.8. The third kappa shape index (κ3) is 8.60. The smallest absolute Gasteiger partial charge is 0.320 e. The molecule has 0 aliphatic heterocycles. The Morgan fingerprint density at radius 3 is 1.81 bits per heavy atom. The van der Waals surface area contributed by atoms with Crippen molar-refractivity contribution in [3.05, 3.63) is 118 Å². The van der Waals surface area contributed by atoms with Gasteiger partial charge in [-0.2, -0.15) is 0 Å². The van der Waals surface area contributed by atoms with E-state index in [4.69, 9.17) is 0 Å². The number of nitrogens with zero attached hydrogens (tertiary/aromatic N) is 2. The average Bonchev–Trinajstić information content (AvgIpc) is 3.60. The number of hydrogen-bond acceptors (Lipinski definition) is 7. The maximum Gasteiger partial charge on any atom is 0.320 e. The summed E-state index contributed by atoms with van der Waals surface area (Å²) in [5, 5.41) is 25.9. The number of carboxylic acid groups (broad SMARTS) is 1. The van der Waals surface area contributed by atoms with E-state index in [-0.39, 0.29) is 17.7 Å². The van der Waals surface area contributed by atoms with Gasteiger partial charge in [-0.05, 0) is 65.1 Å². The summed E-state index contributed by atoms with van der Waals surface area (Å²) < 4.78 is 0. The van der Waals surface area contributed by atoms with Crippen LogP contribution >= 0.6 is 11.3 Å². The molecule has 1 unspecified atom stereocenters. The normalized spacial score (nSPS) is 13.5. The van der Waals surface area contributed by atoms with Crippen LogP contribution in [0.1, 0.15) is 60.3 Å². The van der Waals surface area contributed by atoms with Crippen LogP contribution in [0.3, 0.4) is 0 Å². The first kappa shape index (κ1) is 34.6. The Morgan fingerprint density at radius 2 is 1.29 bits per heavy atom. The van der Waals surface area contributed by atoms with E-state index < -0.39 is 24.3 Å². The number of thiophene rings is 1. The van der Waals surface area contributed by atoms with Crippen molar-refractivity contribution in [2.24, 2.45) is 0 Å². The number of carboxylic acids is 1. The molecule has 0 saturated heterocycles. The summed E-state index contributed by atoms with van der Waals surface area (Å²) in [7, 11) is 0. The van der Waals surface area contributed by atoms with E-state index >= 15 is 0 Å². The van der Waals surface area contributed by atoms with Gasteiger partial charge in [-0.3, -0.25) is 14.9 Å². The number of aliphatic hydroxyl groups excluding tert-OH is 1. The van der Waals surface area contributed by atoms with Gasteiger partial charge in [0.05, 0.1) is 10.9 Å². The van der Waals surface area contributed by atoms with Gasteiger partial charge in [0.1, 0.15) is 12.3 Å². The van der Waals surface area contributed by atoms with Crippen LogP contribution in [0.5, 0.6) is 0 Å². The number of hydrogen-bond donors (Lipinski definition) is 4. The van der Waals surface area contributed by atoms with Gasteiger partial charge in [0.25, 0.3) is 5.91 Å². The quantitative estimate of drug-likeness (QED) is 0.105. The van der Waals surface area contributed by atoms with Crippen LogP contribution in [0, 0.1) is 0 Å². The second-order valence-corrected chi connectivity index (χ2v) is 14.1. The summed E-state index contributed by atoms with van der Waals surface area (Å²) in [6.07, 6.45) is 3.62. The summed E-state index contributed by atoms with van der Waals surface area (Å²) in [6, 6.07) is 26.5. The molecule has 0 aliphatic carbocycles. The zero-order valence-electron chi connectivity index (χ0n) is 27.9. The lowest BCUT2D eigenvalue weighted by molar-refractivity contribution is -0.140. The van der Waals surface area contributed by atoms with Crippen LogP contribution in [-0.2, 0) is 23.1 Å². The van der Waals surface area contributed by atoms with Gasteiger partial charge in [-0.25, -0.2) is 9.97 Å². The molecule has 48 heavy (non-hydrogen) atoms. The molecule has 1 amide bonds. The molecule has 0 aliphatic rings. The minimum atomic E-state index is -1.30. The first-order valence-electron chi connectivity index (χ1n) is 16.1. The fourth-order valence-corrected chi connectivity index (χ4v) is 6.21. The van der Waals surface area contributed by atoms with Crippen molar-refractivity contribution in [2.45, 2.75) is 71.2 Å². The topological polar surface area (TPSA) is 124 Å². The number of aryl methyl sites for hydroxylation is 1. The summed E-state index contributed by atoms with van der Waals surface area (Å²) in [6.45, 7) is 9.85. The average molecular weight is 663 g/mol. The van der Waals surface area contributed by atoms with Crippen LogP contribution in [0.2, 0.25) is 0 Å². The number of benzene rings is 3. The van der Waals surface area contributed by atoms with Gasteiger partial charge in [0.2, 0.25) is 0 Å². The molecule has 3 aromatic carbocycles. The highest BCUT2D eigenvalue weighted by molar-refractivity contribution is 7.14. The Balaban J connectivity index is 1.27. The largest absolute Gasteiger partial charge is 0.480 e. The summed E-state index contributed by atoms with van der Waals surface area (Å²) in [5.74, 6) is -0.848. The first-order chi connectivity index (χ1) is 22.9. The van der Waals surface area contributed by atoms with Gasteiger partial charge >= 0.3 is 5.97 Å². The molecule has 248 valence electrons. The lowest BCUT2D eigenvalue weighted by atomic mass is 9.95. The molecular weight excluding hydrogens is 621 g/mol. The van der Waals surface area contributed by atoms with Gasteiger partial charge in [-0.15, -0.1) is 11.3 Å². The molecule has 0 fully saturated rings. The summed E-state index contributed by atoms with van der Waals surface area (Å²) >= 11 is 1.40. The predicted molar refractivity (Wildman–Crippen MR) is 192 cm³/mol. The molecule has 3 atom stereocenters. The molecule has 9 heteroatoms. The molecule has 0 spiro atoms. The molecule has 5 rings (SSSR count). The van der Waals surface area contributed by atoms with E-state index in [2.05, 4.69) is 96.8 Å². The number of rotatable bonds is 12. The van der Waals surface area contributed by atoms with Crippen molar-refractivity contribution < 1.29 is 19.8 Å². The van der Waals surface area contributed by atoms with E-state index in [1.54, 1.807) is 6.07 Å². The van der Waals surface area contributed by atoms with Gasteiger partial charge in [0.15, 0.2) is 5.82 Å². The monoisotopic (exact) mass is 662 g/mol. The van der Waals surface area contributed by atoms with Crippen LogP contribution in [0.25, 0.3) is 33.6 Å². The fourth-order valence-electron chi connectivity index (χ4n) is 5.25. The van der Waals surface area contributed by atoms with Crippen molar-refractivity contribution in [2.75, 3.05) is 0 Å². The van der Waals surface area contributed by atoms with Gasteiger partial charge in [0, 0.05) is 28.4 Å². The third-order valence-electron chi connectivity index (χ3n) is 8.29. The Bertz CT molecular complexity index is 1830. The maximum absolute atomic E-state index is 13.2. The second kappa shape index (κ2) is 15.0. The molecule has 0 radical (unpaired) electrons. The molecule has 8 nitrogen and oxygen atoms in total. The highest BCUT2D eigenvalue weighted by Gasteiger charge is 2.27. The van der Waals surface area contributed by atoms with Gasteiger partial charge in [-0.1, -0.05) is 100 Å². The SMILES string of the molecule is CCc1ccc(-c2ccc(-c3cnc(-c4ccc(C[C@H](NC(=O)c5ccc(C(C)(C)C)s5)C(O)N[C@H](C)C(=O)O)cc4)nc3)cc2)cc1. The first-order valence-corrected chi connectivity index (χ1v) is 16.9. The zero-order chi connectivity index (χ0) is 34.4. The molecule has 2 aromatic heterocycles. The molecule has 0 saturated carbocycles. The summed E-state index contributed by atoms with van der Waals surface area (Å²) in [5.41, 5.74) is 7.17. The Morgan fingerprint density at radius 1 is 0.771 bits per heavy atom. The van der Waals surface area contributed by atoms with Crippen molar-refractivity contribution in [1.82, 2.24) is 20.6 Å². The molecule has 0 bridgehead atoms. The zero-order valence-corrected chi connectivity index (χ0v) is 28.7. The molecule has 4 N–H and O–H groups in total. The number of nitrogens with one attached hydrogen (secondary N) is 2. The number of amides is 1. The highest BCUT2D eigenvalue weighted by Crippen LogP contribution is 2.30. The van der Waals surface area contributed by atoms with Crippen molar-refractivity contribution in [3.63, 3.8) is 0 Å². The number of aromatic nitrogens is 2. The van der Waals surface area contributed by atoms with Crippen LogP contribution in [-0.4, -0.2) is 50.4 Å². The Hall–Kier alpha value is -4.70. The van der Waals surface area contributed by atoms with Crippen LogP contribution < -0.4 is 10.6 Å². The molecule has 5 aromatic rings. The lowest BCUT2D eigenvalue weighted by Gasteiger charge is -2.26. The van der Waals surface area contributed by atoms with Crippen LogP contribution in [0.15, 0.2) is 97.3 Å². The standard InChI is InChI=1S/C39H42N4O4S/c1-6-25-7-11-27(12-8-25)28-15-17-29(18-16-28)31-22-40-35(41-23-31)30-13-9-26(10-14-30)21-32(36(44)42-24(2)38(46)47)43-37(45)33-19-20-34(48-33)39(3,4)5/h7-20,22-24,32,36,42,44H,6,21H2,1-5H3,(H,43,45)(H,46,47)/t24-,32+,36?/m1/s1. The maximum atomic E-state index is 13.2. The van der Waals surface area contributed by atoms with E-state index in [0.29, 0.717) is 10.7 Å². The third-order valence-corrected chi connectivity index (χ3v) is 9.80. The lowest BCUT2D eigenvalue weighted by Crippen LogP contribution is -2.54. The number of aliphatic carboxylic acids is 1. The number of aliphatic hydroxyl groups is 1. The van der Waals surface area contributed by atoms with Crippen molar-refractivity contribution in [1.29, 1.82) is 0 Å². The van der Waals surface area contributed by atoms with Gasteiger partial charge < -0.3 is 15.5 Å². The number of carbonyl (C=O) groups is 2. The van der Waals surface area contributed by atoms with E-state index in [9.17, 15) is 19.8 Å².